The SMILES string of the molecule is c1cnn(-c2ccc(CSc3nnc(-c4ccc5c(c4)OCO5)o3)cc2)c1. The largest absolute Gasteiger partial charge is 0.454 e. The highest BCUT2D eigenvalue weighted by Crippen LogP contribution is 2.36. The summed E-state index contributed by atoms with van der Waals surface area (Å²) in [6.45, 7) is 0.239. The van der Waals surface area contributed by atoms with Gasteiger partial charge in [0.25, 0.3) is 5.22 Å². The van der Waals surface area contributed by atoms with E-state index in [0.717, 1.165) is 22.8 Å². The molecule has 7 nitrogen and oxygen atoms in total. The van der Waals surface area contributed by atoms with Gasteiger partial charge < -0.3 is 13.9 Å². The van der Waals surface area contributed by atoms with E-state index in [4.69, 9.17) is 13.9 Å². The van der Waals surface area contributed by atoms with Crippen LogP contribution in [0.25, 0.3) is 17.1 Å². The minimum atomic E-state index is 0.239. The second kappa shape index (κ2) is 6.81. The summed E-state index contributed by atoms with van der Waals surface area (Å²) in [4.78, 5) is 0. The molecule has 0 unspecified atom stereocenters. The van der Waals surface area contributed by atoms with Gasteiger partial charge in [-0.05, 0) is 42.0 Å². The highest BCUT2D eigenvalue weighted by Gasteiger charge is 2.16. The van der Waals surface area contributed by atoms with E-state index >= 15 is 0 Å². The molecule has 1 aliphatic rings. The quantitative estimate of drug-likeness (QED) is 0.487. The van der Waals surface area contributed by atoms with Crippen LogP contribution < -0.4 is 9.47 Å². The average molecular weight is 378 g/mol. The third kappa shape index (κ3) is 3.26. The van der Waals surface area contributed by atoms with E-state index < -0.39 is 0 Å². The molecule has 0 saturated heterocycles. The molecule has 8 heteroatoms. The summed E-state index contributed by atoms with van der Waals surface area (Å²) in [5.74, 6) is 2.62. The normalized spacial score (nSPS) is 12.4. The number of aromatic nitrogens is 4. The lowest BCUT2D eigenvalue weighted by molar-refractivity contribution is 0.174. The molecule has 0 saturated carbocycles. The number of hydrogen-bond donors (Lipinski definition) is 0. The van der Waals surface area contributed by atoms with Crippen LogP contribution in [-0.2, 0) is 5.75 Å². The summed E-state index contributed by atoms with van der Waals surface area (Å²) < 4.78 is 18.3. The van der Waals surface area contributed by atoms with Crippen molar-refractivity contribution in [1.29, 1.82) is 0 Å². The Labute approximate surface area is 158 Å². The van der Waals surface area contributed by atoms with E-state index in [-0.39, 0.29) is 6.79 Å². The summed E-state index contributed by atoms with van der Waals surface area (Å²) in [6.07, 6.45) is 3.68. The van der Waals surface area contributed by atoms with Crippen LogP contribution in [0.15, 0.2) is 70.6 Å². The van der Waals surface area contributed by atoms with Crippen molar-refractivity contribution in [3.05, 3.63) is 66.5 Å². The molecule has 2 aromatic heterocycles. The predicted octanol–water partition coefficient (Wildman–Crippen LogP) is 3.94. The maximum absolute atomic E-state index is 5.76. The van der Waals surface area contributed by atoms with Crippen molar-refractivity contribution in [2.24, 2.45) is 0 Å². The van der Waals surface area contributed by atoms with E-state index in [1.807, 2.05) is 47.3 Å². The lowest BCUT2D eigenvalue weighted by Gasteiger charge is -2.03. The number of benzene rings is 2. The molecule has 0 bridgehead atoms. The summed E-state index contributed by atoms with van der Waals surface area (Å²) in [7, 11) is 0. The third-order valence-electron chi connectivity index (χ3n) is 4.09. The number of nitrogens with zero attached hydrogens (tertiary/aromatic N) is 4. The zero-order valence-electron chi connectivity index (χ0n) is 14.1. The van der Waals surface area contributed by atoms with Crippen LogP contribution >= 0.6 is 11.8 Å². The summed E-state index contributed by atoms with van der Waals surface area (Å²) >= 11 is 1.50. The summed E-state index contributed by atoms with van der Waals surface area (Å²) in [5, 5.41) is 13.0. The Morgan fingerprint density at radius 1 is 1.00 bits per heavy atom. The molecule has 5 rings (SSSR count). The van der Waals surface area contributed by atoms with Crippen LogP contribution in [0.1, 0.15) is 5.56 Å². The zero-order chi connectivity index (χ0) is 18.1. The Bertz CT molecular complexity index is 1060. The summed E-state index contributed by atoms with van der Waals surface area (Å²) in [5.41, 5.74) is 3.00. The lowest BCUT2D eigenvalue weighted by atomic mass is 10.2. The molecule has 0 radical (unpaired) electrons. The van der Waals surface area contributed by atoms with Crippen LogP contribution in [0.5, 0.6) is 11.5 Å². The van der Waals surface area contributed by atoms with Gasteiger partial charge in [-0.1, -0.05) is 23.9 Å². The third-order valence-corrected chi connectivity index (χ3v) is 4.98. The molecule has 1 aliphatic heterocycles. The molecule has 0 aliphatic carbocycles. The van der Waals surface area contributed by atoms with Crippen molar-refractivity contribution in [3.8, 4) is 28.6 Å². The molecule has 134 valence electrons. The second-order valence-electron chi connectivity index (χ2n) is 5.85. The molecule has 0 N–H and O–H groups in total. The molecule has 2 aromatic carbocycles. The maximum Gasteiger partial charge on any atom is 0.277 e. The Morgan fingerprint density at radius 3 is 2.74 bits per heavy atom. The van der Waals surface area contributed by atoms with Gasteiger partial charge in [-0.3, -0.25) is 0 Å². The van der Waals surface area contributed by atoms with Crippen LogP contribution in [-0.4, -0.2) is 26.8 Å². The first-order valence-electron chi connectivity index (χ1n) is 8.30. The molecule has 4 aromatic rings. The van der Waals surface area contributed by atoms with Crippen molar-refractivity contribution in [2.75, 3.05) is 6.79 Å². The number of ether oxygens (including phenoxy) is 2. The molecule has 0 spiro atoms. The summed E-state index contributed by atoms with van der Waals surface area (Å²) in [6, 6.07) is 15.7. The number of thioether (sulfide) groups is 1. The van der Waals surface area contributed by atoms with Gasteiger partial charge in [0.05, 0.1) is 5.69 Å². The van der Waals surface area contributed by atoms with Gasteiger partial charge in [0, 0.05) is 23.7 Å². The van der Waals surface area contributed by atoms with Gasteiger partial charge in [-0.2, -0.15) is 5.10 Å². The van der Waals surface area contributed by atoms with E-state index in [2.05, 4.69) is 27.4 Å². The van der Waals surface area contributed by atoms with E-state index in [1.54, 1.807) is 6.20 Å². The van der Waals surface area contributed by atoms with Gasteiger partial charge in [-0.25, -0.2) is 4.68 Å². The first kappa shape index (κ1) is 16.0. The Hall–Kier alpha value is -3.26. The number of rotatable bonds is 5. The monoisotopic (exact) mass is 378 g/mol. The second-order valence-corrected chi connectivity index (χ2v) is 6.77. The average Bonchev–Trinajstić information content (AvgIpc) is 3.48. The highest BCUT2D eigenvalue weighted by molar-refractivity contribution is 7.98. The fraction of sp³-hybridized carbons (Fsp3) is 0.105. The Kier molecular flexibility index (Phi) is 4.02. The van der Waals surface area contributed by atoms with Crippen molar-refractivity contribution in [1.82, 2.24) is 20.0 Å². The fourth-order valence-electron chi connectivity index (χ4n) is 2.73. The molecular formula is C19H14N4O3S. The van der Waals surface area contributed by atoms with Gasteiger partial charge in [0.2, 0.25) is 12.7 Å². The van der Waals surface area contributed by atoms with Crippen LogP contribution in [0.4, 0.5) is 0 Å². The lowest BCUT2D eigenvalue weighted by Crippen LogP contribution is -1.93. The van der Waals surface area contributed by atoms with Crippen LogP contribution in [0.3, 0.4) is 0 Å². The molecular weight excluding hydrogens is 364 g/mol. The highest BCUT2D eigenvalue weighted by atomic mass is 32.2. The first-order valence-corrected chi connectivity index (χ1v) is 9.29. The molecule has 3 heterocycles. The standard InChI is InChI=1S/C19H14N4O3S/c1-8-20-23(9-1)15-5-2-13(3-6-15)11-27-19-22-21-18(26-19)14-4-7-16-17(10-14)25-12-24-16/h1-10H,11-12H2. The fourth-order valence-corrected chi connectivity index (χ4v) is 3.44. The number of hydrogen-bond acceptors (Lipinski definition) is 7. The molecule has 0 fully saturated rings. The Morgan fingerprint density at radius 2 is 1.89 bits per heavy atom. The number of fused-ring (bicyclic) bond motifs is 1. The van der Waals surface area contributed by atoms with Crippen molar-refractivity contribution >= 4 is 11.8 Å². The predicted molar refractivity (Wildman–Crippen MR) is 99.0 cm³/mol. The topological polar surface area (TPSA) is 75.2 Å². The van der Waals surface area contributed by atoms with E-state index in [1.165, 1.54) is 17.3 Å². The first-order chi connectivity index (χ1) is 13.3. The molecule has 27 heavy (non-hydrogen) atoms. The van der Waals surface area contributed by atoms with E-state index in [9.17, 15) is 0 Å². The zero-order valence-corrected chi connectivity index (χ0v) is 14.9. The molecule has 0 amide bonds. The maximum atomic E-state index is 5.76. The van der Waals surface area contributed by atoms with Crippen LogP contribution in [0.2, 0.25) is 0 Å². The molecule has 0 atom stereocenters. The van der Waals surface area contributed by atoms with Gasteiger partial charge >= 0.3 is 0 Å². The van der Waals surface area contributed by atoms with Crippen LogP contribution in [0, 0.1) is 0 Å². The van der Waals surface area contributed by atoms with Crippen molar-refractivity contribution in [3.63, 3.8) is 0 Å². The van der Waals surface area contributed by atoms with E-state index in [0.29, 0.717) is 16.9 Å². The van der Waals surface area contributed by atoms with Crippen molar-refractivity contribution in [2.45, 2.75) is 11.0 Å². The Balaban J connectivity index is 1.26. The smallest absolute Gasteiger partial charge is 0.277 e. The van der Waals surface area contributed by atoms with Crippen molar-refractivity contribution < 1.29 is 13.9 Å². The minimum absolute atomic E-state index is 0.239. The minimum Gasteiger partial charge on any atom is -0.454 e. The van der Waals surface area contributed by atoms with Gasteiger partial charge in [0.15, 0.2) is 11.5 Å². The van der Waals surface area contributed by atoms with Gasteiger partial charge in [-0.15, -0.1) is 10.2 Å². The van der Waals surface area contributed by atoms with Gasteiger partial charge in [0.1, 0.15) is 0 Å².